The summed E-state index contributed by atoms with van der Waals surface area (Å²) in [4.78, 5) is 29.2. The fourth-order valence-electron chi connectivity index (χ4n) is 3.82. The normalized spacial score (nSPS) is 12.4. The number of benzene rings is 2. The molecule has 3 heterocycles. The highest BCUT2D eigenvalue weighted by molar-refractivity contribution is 6.35. The maximum absolute atomic E-state index is 14.2. The van der Waals surface area contributed by atoms with Crippen molar-refractivity contribution in [3.63, 3.8) is 0 Å². The summed E-state index contributed by atoms with van der Waals surface area (Å²) in [7, 11) is 0. The van der Waals surface area contributed by atoms with Crippen LogP contribution in [-0.2, 0) is 0 Å². The van der Waals surface area contributed by atoms with Crippen LogP contribution in [0.1, 0.15) is 24.2 Å². The van der Waals surface area contributed by atoms with Crippen molar-refractivity contribution < 1.29 is 4.39 Å². The third kappa shape index (κ3) is 3.61. The van der Waals surface area contributed by atoms with E-state index in [-0.39, 0.29) is 10.4 Å². The van der Waals surface area contributed by atoms with Gasteiger partial charge in [-0.1, -0.05) is 35.3 Å². The highest BCUT2D eigenvalue weighted by Crippen LogP contribution is 2.30. The minimum absolute atomic E-state index is 0.0994. The predicted molar refractivity (Wildman–Crippen MR) is 128 cm³/mol. The molecule has 0 amide bonds. The van der Waals surface area contributed by atoms with E-state index in [4.69, 9.17) is 23.2 Å². The van der Waals surface area contributed by atoms with Gasteiger partial charge in [0.2, 0.25) is 0 Å². The number of nitrogens with zero attached hydrogens (tertiary/aromatic N) is 4. The second-order valence-corrected chi connectivity index (χ2v) is 8.44. The van der Waals surface area contributed by atoms with Crippen LogP contribution in [0.3, 0.4) is 0 Å². The number of hydrogen-bond donors (Lipinski definition) is 2. The van der Waals surface area contributed by atoms with E-state index in [9.17, 15) is 9.18 Å². The van der Waals surface area contributed by atoms with Gasteiger partial charge in [0.05, 0.1) is 28.5 Å². The summed E-state index contributed by atoms with van der Waals surface area (Å²) in [6.45, 7) is 3.76. The van der Waals surface area contributed by atoms with Crippen molar-refractivity contribution in [1.29, 1.82) is 0 Å². The van der Waals surface area contributed by atoms with E-state index < -0.39 is 17.4 Å². The molecule has 166 valence electrons. The Bertz CT molecular complexity index is 1600. The number of H-pyrrole nitrogens is 1. The SMILES string of the molecule is Cc1ccc(-n2c(C(C)Nc3ncnc4nc[nH]c34)cc3ccc(F)c(Cl)c3c2=O)cc1Cl. The van der Waals surface area contributed by atoms with Crippen LogP contribution in [-0.4, -0.2) is 24.5 Å². The summed E-state index contributed by atoms with van der Waals surface area (Å²) >= 11 is 12.6. The van der Waals surface area contributed by atoms with Gasteiger partial charge in [0.25, 0.3) is 5.56 Å². The molecule has 10 heteroatoms. The number of hydrogen-bond acceptors (Lipinski definition) is 5. The van der Waals surface area contributed by atoms with E-state index in [2.05, 4.69) is 25.3 Å². The number of aryl methyl sites for hydroxylation is 1. The van der Waals surface area contributed by atoms with Gasteiger partial charge in [-0.15, -0.1) is 0 Å². The van der Waals surface area contributed by atoms with E-state index in [0.717, 1.165) is 5.56 Å². The second-order valence-electron chi connectivity index (χ2n) is 7.66. The molecule has 1 unspecified atom stereocenters. The van der Waals surface area contributed by atoms with E-state index in [1.54, 1.807) is 24.3 Å². The minimum atomic E-state index is -0.656. The first-order valence-corrected chi connectivity index (χ1v) is 10.8. The van der Waals surface area contributed by atoms with E-state index >= 15 is 0 Å². The third-order valence-electron chi connectivity index (χ3n) is 5.54. The number of nitrogens with one attached hydrogen (secondary N) is 2. The van der Waals surface area contributed by atoms with Gasteiger partial charge in [0.1, 0.15) is 17.7 Å². The summed E-state index contributed by atoms with van der Waals surface area (Å²) < 4.78 is 15.7. The van der Waals surface area contributed by atoms with Crippen LogP contribution < -0.4 is 10.9 Å². The van der Waals surface area contributed by atoms with Crippen molar-refractivity contribution in [2.24, 2.45) is 0 Å². The number of pyridine rings is 1. The molecule has 7 nitrogen and oxygen atoms in total. The van der Waals surface area contributed by atoms with E-state index in [1.165, 1.54) is 23.3 Å². The summed E-state index contributed by atoms with van der Waals surface area (Å²) in [5.41, 5.74) is 2.73. The second kappa shape index (κ2) is 8.13. The van der Waals surface area contributed by atoms with Gasteiger partial charge in [-0.05, 0) is 49.1 Å². The van der Waals surface area contributed by atoms with Crippen molar-refractivity contribution in [1.82, 2.24) is 24.5 Å². The highest BCUT2D eigenvalue weighted by Gasteiger charge is 2.21. The van der Waals surface area contributed by atoms with E-state index in [1.807, 2.05) is 19.9 Å². The quantitative estimate of drug-likeness (QED) is 0.348. The van der Waals surface area contributed by atoms with Crippen molar-refractivity contribution in [3.8, 4) is 5.69 Å². The first-order chi connectivity index (χ1) is 15.8. The Hall–Kier alpha value is -3.49. The lowest BCUT2D eigenvalue weighted by Gasteiger charge is -2.22. The molecular weight excluding hydrogens is 466 g/mol. The minimum Gasteiger partial charge on any atom is -0.360 e. The Kier molecular flexibility index (Phi) is 5.26. The Morgan fingerprint density at radius 2 is 1.94 bits per heavy atom. The Morgan fingerprint density at radius 3 is 2.73 bits per heavy atom. The van der Waals surface area contributed by atoms with Gasteiger partial charge < -0.3 is 10.3 Å². The fourth-order valence-corrected chi connectivity index (χ4v) is 4.24. The summed E-state index contributed by atoms with van der Waals surface area (Å²) in [6, 6.07) is 9.50. The standard InChI is InChI=1S/C23H17Cl2FN6O/c1-11-3-5-14(8-15(11)24)32-17(7-13-4-6-16(26)19(25)18(13)23(32)33)12(2)31-22-20-21(28-9-27-20)29-10-30-22/h3-10,12H,1-2H3,(H2,27,28,29,30,31). The van der Waals surface area contributed by atoms with Crippen LogP contribution in [0.15, 0.2) is 53.8 Å². The van der Waals surface area contributed by atoms with Gasteiger partial charge in [-0.3, -0.25) is 9.36 Å². The van der Waals surface area contributed by atoms with Crippen LogP contribution in [0.4, 0.5) is 10.2 Å². The molecule has 1 atom stereocenters. The third-order valence-corrected chi connectivity index (χ3v) is 6.32. The molecule has 0 saturated heterocycles. The molecule has 0 bridgehead atoms. The molecule has 5 rings (SSSR count). The number of imidazole rings is 1. The molecule has 0 spiro atoms. The van der Waals surface area contributed by atoms with Crippen LogP contribution in [0, 0.1) is 12.7 Å². The number of anilines is 1. The number of fused-ring (bicyclic) bond motifs is 2. The molecule has 0 fully saturated rings. The molecular formula is C23H17Cl2FN6O. The van der Waals surface area contributed by atoms with Gasteiger partial charge in [-0.25, -0.2) is 19.3 Å². The van der Waals surface area contributed by atoms with Crippen LogP contribution >= 0.6 is 23.2 Å². The largest absolute Gasteiger partial charge is 0.360 e. The molecule has 0 saturated carbocycles. The average Bonchev–Trinajstić information content (AvgIpc) is 3.28. The van der Waals surface area contributed by atoms with Crippen LogP contribution in [0.5, 0.6) is 0 Å². The smallest absolute Gasteiger partial charge is 0.264 e. The van der Waals surface area contributed by atoms with Gasteiger partial charge in [0.15, 0.2) is 11.5 Å². The molecule has 33 heavy (non-hydrogen) atoms. The zero-order chi connectivity index (χ0) is 23.3. The Labute approximate surface area is 197 Å². The fraction of sp³-hybridized carbons (Fsp3) is 0.130. The van der Waals surface area contributed by atoms with Crippen molar-refractivity contribution in [2.45, 2.75) is 19.9 Å². The number of aromatic amines is 1. The number of aromatic nitrogens is 5. The molecule has 0 aliphatic heterocycles. The van der Waals surface area contributed by atoms with Crippen molar-refractivity contribution >= 4 is 51.0 Å². The molecule has 0 aliphatic rings. The lowest BCUT2D eigenvalue weighted by molar-refractivity contribution is 0.629. The Morgan fingerprint density at radius 1 is 1.12 bits per heavy atom. The zero-order valence-electron chi connectivity index (χ0n) is 17.5. The summed E-state index contributed by atoms with van der Waals surface area (Å²) in [5, 5.41) is 4.24. The van der Waals surface area contributed by atoms with E-state index in [0.29, 0.717) is 38.8 Å². The first-order valence-electron chi connectivity index (χ1n) is 10.1. The highest BCUT2D eigenvalue weighted by atomic mass is 35.5. The van der Waals surface area contributed by atoms with Gasteiger partial charge in [-0.2, -0.15) is 0 Å². The first kappa shape index (κ1) is 21.4. The number of halogens is 3. The molecule has 2 N–H and O–H groups in total. The molecule has 0 aliphatic carbocycles. The maximum Gasteiger partial charge on any atom is 0.264 e. The molecule has 5 aromatic rings. The number of rotatable bonds is 4. The summed E-state index contributed by atoms with van der Waals surface area (Å²) in [5.74, 6) is -0.125. The van der Waals surface area contributed by atoms with Crippen LogP contribution in [0.25, 0.3) is 27.6 Å². The molecule has 3 aromatic heterocycles. The van der Waals surface area contributed by atoms with Crippen LogP contribution in [0.2, 0.25) is 10.0 Å². The average molecular weight is 483 g/mol. The lowest BCUT2D eigenvalue weighted by atomic mass is 10.1. The maximum atomic E-state index is 14.2. The molecule has 0 radical (unpaired) electrons. The predicted octanol–water partition coefficient (Wildman–Crippen LogP) is 5.58. The van der Waals surface area contributed by atoms with Gasteiger partial charge >= 0.3 is 0 Å². The molecule has 2 aromatic carbocycles. The zero-order valence-corrected chi connectivity index (χ0v) is 19.0. The lowest BCUT2D eigenvalue weighted by Crippen LogP contribution is -2.26. The van der Waals surface area contributed by atoms with Gasteiger partial charge in [0, 0.05) is 10.7 Å². The monoisotopic (exact) mass is 482 g/mol. The van der Waals surface area contributed by atoms with Crippen molar-refractivity contribution in [3.05, 3.63) is 86.5 Å². The Balaban J connectivity index is 1.74. The van der Waals surface area contributed by atoms with Crippen molar-refractivity contribution in [2.75, 3.05) is 5.32 Å². The summed E-state index contributed by atoms with van der Waals surface area (Å²) in [6.07, 6.45) is 2.94. The topological polar surface area (TPSA) is 88.5 Å².